The fourth-order valence-corrected chi connectivity index (χ4v) is 3.18. The number of alkyl halides is 4. The highest BCUT2D eigenvalue weighted by atomic mass is 35.5. The topological polar surface area (TPSA) is 24.9 Å². The average molecular weight is 327 g/mol. The Morgan fingerprint density at radius 3 is 2.60 bits per heavy atom. The SMILES string of the molecule is FC(F)(F)c1cnc(NCC2CCCC2CCl)c(Cl)c1. The first kappa shape index (κ1) is 15.7. The van der Waals surface area contributed by atoms with E-state index < -0.39 is 11.7 Å². The maximum Gasteiger partial charge on any atom is 0.417 e. The van der Waals surface area contributed by atoms with Crippen molar-refractivity contribution < 1.29 is 13.2 Å². The highest BCUT2D eigenvalue weighted by Gasteiger charge is 2.32. The second kappa shape index (κ2) is 6.39. The van der Waals surface area contributed by atoms with Crippen LogP contribution in [-0.4, -0.2) is 17.4 Å². The molecule has 0 aliphatic heterocycles. The summed E-state index contributed by atoms with van der Waals surface area (Å²) in [6.07, 6.45) is -0.323. The first-order chi connectivity index (χ1) is 9.41. The number of hydrogen-bond acceptors (Lipinski definition) is 2. The molecule has 1 saturated carbocycles. The minimum absolute atomic E-state index is 0.0137. The zero-order valence-electron chi connectivity index (χ0n) is 10.7. The smallest absolute Gasteiger partial charge is 0.369 e. The van der Waals surface area contributed by atoms with Crippen molar-refractivity contribution in [2.45, 2.75) is 25.4 Å². The summed E-state index contributed by atoms with van der Waals surface area (Å²) in [5.74, 6) is 1.78. The lowest BCUT2D eigenvalue weighted by molar-refractivity contribution is -0.137. The van der Waals surface area contributed by atoms with E-state index in [1.54, 1.807) is 0 Å². The van der Waals surface area contributed by atoms with Gasteiger partial charge in [0.15, 0.2) is 0 Å². The molecule has 1 heterocycles. The molecule has 1 aromatic heterocycles. The number of pyridine rings is 1. The lowest BCUT2D eigenvalue weighted by Crippen LogP contribution is -2.20. The molecule has 0 bridgehead atoms. The van der Waals surface area contributed by atoms with E-state index in [-0.39, 0.29) is 5.02 Å². The predicted octanol–water partition coefficient (Wildman–Crippen LogP) is 4.82. The van der Waals surface area contributed by atoms with E-state index in [9.17, 15) is 13.2 Å². The van der Waals surface area contributed by atoms with Crippen molar-refractivity contribution in [1.29, 1.82) is 0 Å². The molecule has 0 spiro atoms. The lowest BCUT2D eigenvalue weighted by atomic mass is 9.98. The first-order valence-corrected chi connectivity index (χ1v) is 7.35. The van der Waals surface area contributed by atoms with E-state index in [1.807, 2.05) is 0 Å². The summed E-state index contributed by atoms with van der Waals surface area (Å²) in [5, 5.41) is 3.02. The summed E-state index contributed by atoms with van der Waals surface area (Å²) < 4.78 is 37.5. The molecule has 2 nitrogen and oxygen atoms in total. The van der Waals surface area contributed by atoms with Crippen molar-refractivity contribution in [1.82, 2.24) is 4.98 Å². The fraction of sp³-hybridized carbons (Fsp3) is 0.615. The van der Waals surface area contributed by atoms with Gasteiger partial charge in [0, 0.05) is 18.6 Å². The van der Waals surface area contributed by atoms with E-state index in [2.05, 4.69) is 10.3 Å². The summed E-state index contributed by atoms with van der Waals surface area (Å²) in [4.78, 5) is 3.76. The largest absolute Gasteiger partial charge is 0.417 e. The van der Waals surface area contributed by atoms with Crippen LogP contribution in [-0.2, 0) is 6.18 Å². The number of aromatic nitrogens is 1. The van der Waals surface area contributed by atoms with Crippen LogP contribution in [0.3, 0.4) is 0 Å². The molecule has 0 saturated heterocycles. The lowest BCUT2D eigenvalue weighted by Gasteiger charge is -2.18. The molecular formula is C13H15Cl2F3N2. The van der Waals surface area contributed by atoms with Crippen molar-refractivity contribution >= 4 is 29.0 Å². The molecule has 1 aromatic rings. The minimum atomic E-state index is -4.43. The predicted molar refractivity (Wildman–Crippen MR) is 74.3 cm³/mol. The van der Waals surface area contributed by atoms with Crippen LogP contribution in [0.25, 0.3) is 0 Å². The van der Waals surface area contributed by atoms with Crippen LogP contribution in [0, 0.1) is 11.8 Å². The maximum absolute atomic E-state index is 12.5. The van der Waals surface area contributed by atoms with Crippen molar-refractivity contribution in [2.75, 3.05) is 17.7 Å². The normalized spacial score (nSPS) is 23.1. The summed E-state index contributed by atoms with van der Waals surface area (Å²) in [6, 6.07) is 0.893. The van der Waals surface area contributed by atoms with Gasteiger partial charge in [-0.1, -0.05) is 18.0 Å². The van der Waals surface area contributed by atoms with Crippen LogP contribution >= 0.6 is 23.2 Å². The molecule has 1 N–H and O–H groups in total. The van der Waals surface area contributed by atoms with Gasteiger partial charge in [0.25, 0.3) is 0 Å². The molecule has 20 heavy (non-hydrogen) atoms. The Bertz CT molecular complexity index is 465. The number of anilines is 1. The minimum Gasteiger partial charge on any atom is -0.369 e. The van der Waals surface area contributed by atoms with Gasteiger partial charge in [-0.05, 0) is 30.7 Å². The summed E-state index contributed by atoms with van der Waals surface area (Å²) in [7, 11) is 0. The van der Waals surface area contributed by atoms with Gasteiger partial charge in [-0.3, -0.25) is 0 Å². The second-order valence-electron chi connectivity index (χ2n) is 5.04. The van der Waals surface area contributed by atoms with Crippen molar-refractivity contribution in [2.24, 2.45) is 11.8 Å². The van der Waals surface area contributed by atoms with Gasteiger partial charge in [-0.15, -0.1) is 11.6 Å². The fourth-order valence-electron chi connectivity index (χ4n) is 2.54. The molecule has 2 rings (SSSR count). The monoisotopic (exact) mass is 326 g/mol. The zero-order chi connectivity index (χ0) is 14.8. The highest BCUT2D eigenvalue weighted by Crippen LogP contribution is 2.34. The summed E-state index contributed by atoms with van der Waals surface area (Å²) in [5.41, 5.74) is -0.840. The molecule has 7 heteroatoms. The Labute approximate surface area is 125 Å². The van der Waals surface area contributed by atoms with Crippen LogP contribution in [0.2, 0.25) is 5.02 Å². The molecule has 0 radical (unpaired) electrons. The quantitative estimate of drug-likeness (QED) is 0.802. The molecule has 2 unspecified atom stereocenters. The molecule has 1 aliphatic rings. The second-order valence-corrected chi connectivity index (χ2v) is 5.75. The van der Waals surface area contributed by atoms with Crippen molar-refractivity contribution in [3.8, 4) is 0 Å². The number of nitrogens with zero attached hydrogens (tertiary/aromatic N) is 1. The molecule has 1 aliphatic carbocycles. The van der Waals surface area contributed by atoms with Crippen molar-refractivity contribution in [3.05, 3.63) is 22.8 Å². The Morgan fingerprint density at radius 2 is 2.00 bits per heavy atom. The van der Waals surface area contributed by atoms with E-state index in [4.69, 9.17) is 23.2 Å². The average Bonchev–Trinajstić information content (AvgIpc) is 2.83. The van der Waals surface area contributed by atoms with Gasteiger partial charge in [0.05, 0.1) is 10.6 Å². The van der Waals surface area contributed by atoms with Gasteiger partial charge in [0.1, 0.15) is 5.82 Å². The van der Waals surface area contributed by atoms with Gasteiger partial charge >= 0.3 is 6.18 Å². The van der Waals surface area contributed by atoms with Crippen LogP contribution < -0.4 is 5.32 Å². The van der Waals surface area contributed by atoms with Crippen molar-refractivity contribution in [3.63, 3.8) is 0 Å². The van der Waals surface area contributed by atoms with E-state index in [1.165, 1.54) is 0 Å². The van der Waals surface area contributed by atoms with Gasteiger partial charge in [-0.25, -0.2) is 4.98 Å². The third-order valence-corrected chi connectivity index (χ3v) is 4.40. The Balaban J connectivity index is 2.00. The van der Waals surface area contributed by atoms with Gasteiger partial charge in [-0.2, -0.15) is 13.2 Å². The van der Waals surface area contributed by atoms with E-state index >= 15 is 0 Å². The van der Waals surface area contributed by atoms with Crippen LogP contribution in [0.5, 0.6) is 0 Å². The summed E-state index contributed by atoms with van der Waals surface area (Å²) >= 11 is 11.7. The first-order valence-electron chi connectivity index (χ1n) is 6.44. The molecular weight excluding hydrogens is 312 g/mol. The third kappa shape index (κ3) is 3.70. The molecule has 0 amide bonds. The van der Waals surface area contributed by atoms with Gasteiger partial charge in [0.2, 0.25) is 0 Å². The zero-order valence-corrected chi connectivity index (χ0v) is 12.2. The maximum atomic E-state index is 12.5. The molecule has 1 fully saturated rings. The molecule has 112 valence electrons. The number of nitrogens with one attached hydrogen (secondary N) is 1. The molecule has 0 aromatic carbocycles. The Hall–Kier alpha value is -0.680. The standard InChI is InChI=1S/C13H15Cl2F3N2/c14-5-8-2-1-3-9(8)6-19-12-11(15)4-10(7-20-12)13(16,17)18/h4,7-9H,1-3,5-6H2,(H,19,20). The van der Waals surface area contributed by atoms with Gasteiger partial charge < -0.3 is 5.32 Å². The highest BCUT2D eigenvalue weighted by molar-refractivity contribution is 6.32. The van der Waals surface area contributed by atoms with E-state index in [0.29, 0.717) is 30.1 Å². The Morgan fingerprint density at radius 1 is 1.30 bits per heavy atom. The summed E-state index contributed by atoms with van der Waals surface area (Å²) in [6.45, 7) is 0.634. The van der Waals surface area contributed by atoms with Crippen LogP contribution in [0.1, 0.15) is 24.8 Å². The van der Waals surface area contributed by atoms with Crippen LogP contribution in [0.15, 0.2) is 12.3 Å². The molecule has 2 atom stereocenters. The van der Waals surface area contributed by atoms with Crippen LogP contribution in [0.4, 0.5) is 19.0 Å². The number of rotatable bonds is 4. The van der Waals surface area contributed by atoms with E-state index in [0.717, 1.165) is 31.5 Å². The third-order valence-electron chi connectivity index (χ3n) is 3.71. The Kier molecular flexibility index (Phi) is 5.02. The number of hydrogen-bond donors (Lipinski definition) is 1. The number of halogens is 5.